The van der Waals surface area contributed by atoms with Crippen LogP contribution in [0.1, 0.15) is 15.9 Å². The molecule has 21 heavy (non-hydrogen) atoms. The molecule has 0 saturated heterocycles. The lowest BCUT2D eigenvalue weighted by Crippen LogP contribution is -2.15. The van der Waals surface area contributed by atoms with Gasteiger partial charge < -0.3 is 10.1 Å². The number of carbonyl (C=O) groups excluding carboxylic acids is 2. The number of ether oxygens (including phenoxy) is 1. The SMILES string of the molecule is COC(=O)Cn1ccc(NC(=O)c2cc(C)cc(Cl)c2)n1. The van der Waals surface area contributed by atoms with Gasteiger partial charge in [-0.25, -0.2) is 0 Å². The zero-order chi connectivity index (χ0) is 15.4. The number of anilines is 1. The molecule has 2 aromatic rings. The van der Waals surface area contributed by atoms with Gasteiger partial charge in [0.05, 0.1) is 7.11 Å². The fraction of sp³-hybridized carbons (Fsp3) is 0.214. The lowest BCUT2D eigenvalue weighted by molar-refractivity contribution is -0.141. The number of methoxy groups -OCH3 is 1. The lowest BCUT2D eigenvalue weighted by Gasteiger charge is -2.04. The summed E-state index contributed by atoms with van der Waals surface area (Å²) in [4.78, 5) is 23.2. The molecule has 1 aromatic carbocycles. The first-order chi connectivity index (χ1) is 9.97. The van der Waals surface area contributed by atoms with Crippen LogP contribution in [0.4, 0.5) is 5.82 Å². The zero-order valence-corrected chi connectivity index (χ0v) is 12.3. The van der Waals surface area contributed by atoms with Gasteiger partial charge in [-0.15, -0.1) is 0 Å². The molecule has 7 heteroatoms. The van der Waals surface area contributed by atoms with E-state index < -0.39 is 5.97 Å². The predicted molar refractivity (Wildman–Crippen MR) is 78.4 cm³/mol. The van der Waals surface area contributed by atoms with Gasteiger partial charge in [0.25, 0.3) is 5.91 Å². The fourth-order valence-corrected chi connectivity index (χ4v) is 2.06. The highest BCUT2D eigenvalue weighted by Gasteiger charge is 2.10. The van der Waals surface area contributed by atoms with Crippen LogP contribution in [0, 0.1) is 6.92 Å². The normalized spacial score (nSPS) is 10.2. The first-order valence-electron chi connectivity index (χ1n) is 6.17. The van der Waals surface area contributed by atoms with E-state index in [1.807, 2.05) is 6.92 Å². The minimum atomic E-state index is -0.415. The molecule has 6 nitrogen and oxygen atoms in total. The van der Waals surface area contributed by atoms with Gasteiger partial charge in [0.2, 0.25) is 0 Å². The zero-order valence-electron chi connectivity index (χ0n) is 11.6. The van der Waals surface area contributed by atoms with Gasteiger partial charge in [0, 0.05) is 22.8 Å². The number of rotatable bonds is 4. The number of hydrogen-bond donors (Lipinski definition) is 1. The lowest BCUT2D eigenvalue weighted by atomic mass is 10.1. The smallest absolute Gasteiger partial charge is 0.327 e. The van der Waals surface area contributed by atoms with Crippen molar-refractivity contribution in [2.45, 2.75) is 13.5 Å². The van der Waals surface area contributed by atoms with Crippen LogP contribution in [0.3, 0.4) is 0 Å². The molecule has 0 radical (unpaired) electrons. The Balaban J connectivity index is 2.07. The Labute approximate surface area is 126 Å². The summed E-state index contributed by atoms with van der Waals surface area (Å²) in [5.74, 6) is -0.383. The molecular formula is C14H14ClN3O3. The van der Waals surface area contributed by atoms with Crippen LogP contribution < -0.4 is 5.32 Å². The van der Waals surface area contributed by atoms with E-state index in [4.69, 9.17) is 11.6 Å². The maximum Gasteiger partial charge on any atom is 0.327 e. The van der Waals surface area contributed by atoms with Crippen molar-refractivity contribution < 1.29 is 14.3 Å². The first kappa shape index (κ1) is 15.1. The molecule has 1 amide bonds. The monoisotopic (exact) mass is 307 g/mol. The predicted octanol–water partition coefficient (Wildman–Crippen LogP) is 2.27. The van der Waals surface area contributed by atoms with Crippen molar-refractivity contribution in [3.05, 3.63) is 46.6 Å². The third kappa shape index (κ3) is 4.06. The number of hydrogen-bond acceptors (Lipinski definition) is 4. The van der Waals surface area contributed by atoms with Gasteiger partial charge in [-0.1, -0.05) is 11.6 Å². The van der Waals surface area contributed by atoms with Crippen molar-refractivity contribution in [1.82, 2.24) is 9.78 Å². The fourth-order valence-electron chi connectivity index (χ4n) is 1.77. The molecule has 0 atom stereocenters. The Morgan fingerprint density at radius 1 is 1.38 bits per heavy atom. The molecular weight excluding hydrogens is 294 g/mol. The van der Waals surface area contributed by atoms with Crippen LogP contribution in [-0.4, -0.2) is 28.8 Å². The van der Waals surface area contributed by atoms with Crippen LogP contribution in [0.2, 0.25) is 5.02 Å². The summed E-state index contributed by atoms with van der Waals surface area (Å²) in [5, 5.41) is 7.20. The Morgan fingerprint density at radius 2 is 2.14 bits per heavy atom. The van der Waals surface area contributed by atoms with Gasteiger partial charge in [0.1, 0.15) is 6.54 Å². The van der Waals surface area contributed by atoms with E-state index in [1.165, 1.54) is 11.8 Å². The van der Waals surface area contributed by atoms with Crippen molar-refractivity contribution in [2.24, 2.45) is 0 Å². The molecule has 0 spiro atoms. The number of aryl methyl sites for hydroxylation is 1. The molecule has 0 unspecified atom stereocenters. The molecule has 0 fully saturated rings. The molecule has 110 valence electrons. The molecule has 1 N–H and O–H groups in total. The Morgan fingerprint density at radius 3 is 2.81 bits per heavy atom. The number of halogens is 1. The number of nitrogens with zero attached hydrogens (tertiary/aromatic N) is 2. The third-order valence-corrected chi connectivity index (χ3v) is 2.92. The van der Waals surface area contributed by atoms with E-state index in [-0.39, 0.29) is 12.5 Å². The Kier molecular flexibility index (Phi) is 4.59. The van der Waals surface area contributed by atoms with E-state index >= 15 is 0 Å². The van der Waals surface area contributed by atoms with Crippen molar-refractivity contribution in [2.75, 3.05) is 12.4 Å². The standard InChI is InChI=1S/C14H14ClN3O3/c1-9-5-10(7-11(15)6-9)14(20)16-12-3-4-18(17-12)8-13(19)21-2/h3-7H,8H2,1-2H3,(H,16,17,20). The highest BCUT2D eigenvalue weighted by molar-refractivity contribution is 6.31. The second-order valence-corrected chi connectivity index (χ2v) is 4.88. The van der Waals surface area contributed by atoms with Gasteiger partial charge in [0.15, 0.2) is 5.82 Å². The number of carbonyl (C=O) groups is 2. The largest absolute Gasteiger partial charge is 0.468 e. The summed E-state index contributed by atoms with van der Waals surface area (Å²) in [6.45, 7) is 1.84. The molecule has 0 saturated carbocycles. The van der Waals surface area contributed by atoms with Crippen LogP contribution >= 0.6 is 11.6 Å². The number of benzene rings is 1. The minimum absolute atomic E-state index is 0.0113. The van der Waals surface area contributed by atoms with E-state index in [0.29, 0.717) is 16.4 Å². The maximum atomic E-state index is 12.1. The number of aromatic nitrogens is 2. The summed E-state index contributed by atoms with van der Waals surface area (Å²) >= 11 is 5.92. The van der Waals surface area contributed by atoms with Gasteiger partial charge in [-0.2, -0.15) is 5.10 Å². The maximum absolute atomic E-state index is 12.1. The first-order valence-corrected chi connectivity index (χ1v) is 6.54. The highest BCUT2D eigenvalue weighted by atomic mass is 35.5. The van der Waals surface area contributed by atoms with E-state index in [0.717, 1.165) is 5.56 Å². The molecule has 1 heterocycles. The van der Waals surface area contributed by atoms with Crippen LogP contribution in [0.15, 0.2) is 30.5 Å². The van der Waals surface area contributed by atoms with Crippen molar-refractivity contribution in [3.8, 4) is 0 Å². The molecule has 0 bridgehead atoms. The molecule has 0 aliphatic carbocycles. The Hall–Kier alpha value is -2.34. The number of esters is 1. The van der Waals surface area contributed by atoms with Gasteiger partial charge >= 0.3 is 5.97 Å². The second-order valence-electron chi connectivity index (χ2n) is 4.45. The molecule has 2 rings (SSSR count). The van der Waals surface area contributed by atoms with Gasteiger partial charge in [-0.3, -0.25) is 14.3 Å². The van der Waals surface area contributed by atoms with Crippen molar-refractivity contribution in [1.29, 1.82) is 0 Å². The number of nitrogens with one attached hydrogen (secondary N) is 1. The van der Waals surface area contributed by atoms with Crippen LogP contribution in [-0.2, 0) is 16.1 Å². The number of amides is 1. The van der Waals surface area contributed by atoms with Crippen LogP contribution in [0.25, 0.3) is 0 Å². The average molecular weight is 308 g/mol. The molecule has 1 aromatic heterocycles. The van der Waals surface area contributed by atoms with E-state index in [2.05, 4.69) is 15.2 Å². The summed E-state index contributed by atoms with van der Waals surface area (Å²) < 4.78 is 5.92. The van der Waals surface area contributed by atoms with E-state index in [1.54, 1.807) is 30.5 Å². The van der Waals surface area contributed by atoms with Crippen molar-refractivity contribution >= 4 is 29.3 Å². The topological polar surface area (TPSA) is 73.2 Å². The second kappa shape index (κ2) is 6.41. The summed E-state index contributed by atoms with van der Waals surface area (Å²) in [7, 11) is 1.30. The Bertz CT molecular complexity index is 662. The van der Waals surface area contributed by atoms with Crippen molar-refractivity contribution in [3.63, 3.8) is 0 Å². The summed E-state index contributed by atoms with van der Waals surface area (Å²) in [5.41, 5.74) is 1.34. The molecule has 0 aliphatic rings. The third-order valence-electron chi connectivity index (χ3n) is 2.71. The quantitative estimate of drug-likeness (QED) is 0.879. The minimum Gasteiger partial charge on any atom is -0.468 e. The molecule has 0 aliphatic heterocycles. The highest BCUT2D eigenvalue weighted by Crippen LogP contribution is 2.15. The summed E-state index contributed by atoms with van der Waals surface area (Å²) in [6, 6.07) is 6.67. The van der Waals surface area contributed by atoms with E-state index in [9.17, 15) is 9.59 Å². The summed E-state index contributed by atoms with van der Waals surface area (Å²) in [6.07, 6.45) is 1.58. The van der Waals surface area contributed by atoms with Crippen LogP contribution in [0.5, 0.6) is 0 Å². The van der Waals surface area contributed by atoms with Gasteiger partial charge in [-0.05, 0) is 30.7 Å². The average Bonchev–Trinajstić information content (AvgIpc) is 2.84.